The van der Waals surface area contributed by atoms with Gasteiger partial charge >= 0.3 is 0 Å². The lowest BCUT2D eigenvalue weighted by molar-refractivity contribution is 0.215. The van der Waals surface area contributed by atoms with Crippen LogP contribution in [0, 0.1) is 11.8 Å². The van der Waals surface area contributed by atoms with Gasteiger partial charge in [-0.3, -0.25) is 0 Å². The summed E-state index contributed by atoms with van der Waals surface area (Å²) in [5, 5.41) is 0. The highest BCUT2D eigenvalue weighted by atomic mass is 16.5. The second-order valence-electron chi connectivity index (χ2n) is 4.45. The van der Waals surface area contributed by atoms with Crippen LogP contribution in [0.3, 0.4) is 0 Å². The molecule has 2 nitrogen and oxygen atoms in total. The minimum absolute atomic E-state index is 0.619. The summed E-state index contributed by atoms with van der Waals surface area (Å²) in [7, 11) is 3.41. The van der Waals surface area contributed by atoms with Crippen molar-refractivity contribution in [3.05, 3.63) is 23.2 Å². The summed E-state index contributed by atoms with van der Waals surface area (Å²) in [6, 6.07) is 0. The van der Waals surface area contributed by atoms with E-state index in [1.807, 2.05) is 0 Å². The molecular formula is C13H22O2. The minimum Gasteiger partial charge on any atom is -0.497 e. The molecule has 0 amide bonds. The van der Waals surface area contributed by atoms with E-state index in [-0.39, 0.29) is 0 Å². The number of ether oxygens (including phenoxy) is 2. The predicted octanol–water partition coefficient (Wildman–Crippen LogP) is 3.50. The van der Waals surface area contributed by atoms with Crippen LogP contribution >= 0.6 is 0 Å². The first-order chi connectivity index (χ1) is 7.10. The lowest BCUT2D eigenvalue weighted by Gasteiger charge is -2.24. The van der Waals surface area contributed by atoms with E-state index in [2.05, 4.69) is 26.8 Å². The molecular weight excluding hydrogens is 188 g/mol. The van der Waals surface area contributed by atoms with Crippen LogP contribution in [0.1, 0.15) is 33.6 Å². The maximum atomic E-state index is 5.33. The molecule has 0 saturated carbocycles. The van der Waals surface area contributed by atoms with E-state index < -0.39 is 0 Å². The molecule has 0 aliphatic heterocycles. The molecule has 0 radical (unpaired) electrons. The van der Waals surface area contributed by atoms with Gasteiger partial charge in [-0.05, 0) is 24.3 Å². The monoisotopic (exact) mass is 210 g/mol. The van der Waals surface area contributed by atoms with Gasteiger partial charge in [-0.25, -0.2) is 0 Å². The molecule has 0 heterocycles. The van der Waals surface area contributed by atoms with Gasteiger partial charge in [-0.1, -0.05) is 26.3 Å². The number of methoxy groups -OCH3 is 2. The zero-order valence-corrected chi connectivity index (χ0v) is 10.5. The van der Waals surface area contributed by atoms with E-state index in [4.69, 9.17) is 9.47 Å². The fraction of sp³-hybridized carbons (Fsp3) is 0.692. The molecule has 1 atom stereocenters. The second kappa shape index (κ2) is 5.24. The lowest BCUT2D eigenvalue weighted by Crippen LogP contribution is -2.12. The fourth-order valence-corrected chi connectivity index (χ4v) is 1.86. The van der Waals surface area contributed by atoms with E-state index in [0.717, 1.165) is 24.4 Å². The molecule has 1 rings (SSSR count). The third kappa shape index (κ3) is 2.77. The Hall–Kier alpha value is -0.920. The van der Waals surface area contributed by atoms with Gasteiger partial charge in [0.2, 0.25) is 0 Å². The average molecular weight is 210 g/mol. The Morgan fingerprint density at radius 3 is 2.20 bits per heavy atom. The van der Waals surface area contributed by atoms with Crippen molar-refractivity contribution in [2.24, 2.45) is 11.8 Å². The molecule has 0 aromatic carbocycles. The summed E-state index contributed by atoms with van der Waals surface area (Å²) in [6.07, 6.45) is 4.20. The summed E-state index contributed by atoms with van der Waals surface area (Å²) in [5.41, 5.74) is 1.47. The predicted molar refractivity (Wildman–Crippen MR) is 62.4 cm³/mol. The highest BCUT2D eigenvalue weighted by Crippen LogP contribution is 2.32. The lowest BCUT2D eigenvalue weighted by atomic mass is 9.85. The van der Waals surface area contributed by atoms with Crippen molar-refractivity contribution < 1.29 is 9.47 Å². The SMILES string of the molecule is COC1=C(OC)CCC(C(C)C(C)C)=C1. The van der Waals surface area contributed by atoms with E-state index in [0.29, 0.717) is 11.8 Å². The van der Waals surface area contributed by atoms with Crippen molar-refractivity contribution in [1.82, 2.24) is 0 Å². The molecule has 0 aromatic heterocycles. The fourth-order valence-electron chi connectivity index (χ4n) is 1.86. The summed E-state index contributed by atoms with van der Waals surface area (Å²) in [4.78, 5) is 0. The molecule has 2 heteroatoms. The van der Waals surface area contributed by atoms with E-state index >= 15 is 0 Å². The molecule has 15 heavy (non-hydrogen) atoms. The third-order valence-corrected chi connectivity index (χ3v) is 3.28. The molecule has 1 aliphatic rings. The number of allylic oxidation sites excluding steroid dienone is 3. The van der Waals surface area contributed by atoms with Gasteiger partial charge in [0.15, 0.2) is 5.76 Å². The van der Waals surface area contributed by atoms with Crippen LogP contribution in [0.4, 0.5) is 0 Å². The molecule has 0 N–H and O–H groups in total. The van der Waals surface area contributed by atoms with Gasteiger partial charge in [0.05, 0.1) is 14.2 Å². The summed E-state index contributed by atoms with van der Waals surface area (Å²) < 4.78 is 10.6. The van der Waals surface area contributed by atoms with Gasteiger partial charge in [0.1, 0.15) is 5.76 Å². The summed E-state index contributed by atoms with van der Waals surface area (Å²) >= 11 is 0. The molecule has 0 aromatic rings. The van der Waals surface area contributed by atoms with Crippen molar-refractivity contribution >= 4 is 0 Å². The van der Waals surface area contributed by atoms with Crippen molar-refractivity contribution in [2.45, 2.75) is 33.6 Å². The third-order valence-electron chi connectivity index (χ3n) is 3.28. The van der Waals surface area contributed by atoms with Crippen molar-refractivity contribution in [3.8, 4) is 0 Å². The van der Waals surface area contributed by atoms with Gasteiger partial charge in [-0.15, -0.1) is 0 Å². The Labute approximate surface area is 93.0 Å². The zero-order chi connectivity index (χ0) is 11.4. The van der Waals surface area contributed by atoms with Crippen LogP contribution in [0.15, 0.2) is 23.2 Å². The van der Waals surface area contributed by atoms with Crippen LogP contribution < -0.4 is 0 Å². The average Bonchev–Trinajstić information content (AvgIpc) is 2.26. The van der Waals surface area contributed by atoms with Gasteiger partial charge in [0.25, 0.3) is 0 Å². The van der Waals surface area contributed by atoms with E-state index in [9.17, 15) is 0 Å². The first-order valence-corrected chi connectivity index (χ1v) is 5.61. The Morgan fingerprint density at radius 2 is 1.73 bits per heavy atom. The highest BCUT2D eigenvalue weighted by Gasteiger charge is 2.20. The number of hydrogen-bond acceptors (Lipinski definition) is 2. The Kier molecular flexibility index (Phi) is 4.25. The van der Waals surface area contributed by atoms with Crippen LogP contribution in [0.5, 0.6) is 0 Å². The van der Waals surface area contributed by atoms with Crippen LogP contribution in [-0.4, -0.2) is 14.2 Å². The van der Waals surface area contributed by atoms with Crippen LogP contribution in [0.2, 0.25) is 0 Å². The standard InChI is InChI=1S/C13H22O2/c1-9(2)10(3)11-6-7-12(14-4)13(8-11)15-5/h8-10H,6-7H2,1-5H3. The number of hydrogen-bond donors (Lipinski definition) is 0. The first kappa shape index (κ1) is 12.2. The molecule has 0 saturated heterocycles. The summed E-state index contributed by atoms with van der Waals surface area (Å²) in [5.74, 6) is 3.16. The second-order valence-corrected chi connectivity index (χ2v) is 4.45. The molecule has 1 unspecified atom stereocenters. The van der Waals surface area contributed by atoms with Crippen molar-refractivity contribution in [1.29, 1.82) is 0 Å². The van der Waals surface area contributed by atoms with Crippen molar-refractivity contribution in [3.63, 3.8) is 0 Å². The minimum atomic E-state index is 0.619. The van der Waals surface area contributed by atoms with Crippen LogP contribution in [-0.2, 0) is 9.47 Å². The van der Waals surface area contributed by atoms with Gasteiger partial charge in [-0.2, -0.15) is 0 Å². The largest absolute Gasteiger partial charge is 0.497 e. The molecule has 0 bridgehead atoms. The van der Waals surface area contributed by atoms with Gasteiger partial charge in [0, 0.05) is 6.42 Å². The normalized spacial score (nSPS) is 18.9. The summed E-state index contributed by atoms with van der Waals surface area (Å²) in [6.45, 7) is 6.79. The molecule has 0 fully saturated rings. The van der Waals surface area contributed by atoms with Crippen molar-refractivity contribution in [2.75, 3.05) is 14.2 Å². The highest BCUT2D eigenvalue weighted by molar-refractivity contribution is 5.28. The van der Waals surface area contributed by atoms with E-state index in [1.54, 1.807) is 14.2 Å². The maximum Gasteiger partial charge on any atom is 0.156 e. The Balaban J connectivity index is 2.87. The molecule has 86 valence electrons. The maximum absolute atomic E-state index is 5.33. The van der Waals surface area contributed by atoms with E-state index in [1.165, 1.54) is 5.57 Å². The zero-order valence-electron chi connectivity index (χ0n) is 10.5. The first-order valence-electron chi connectivity index (χ1n) is 5.61. The van der Waals surface area contributed by atoms with Crippen LogP contribution in [0.25, 0.3) is 0 Å². The molecule has 0 spiro atoms. The Morgan fingerprint density at radius 1 is 1.07 bits per heavy atom. The topological polar surface area (TPSA) is 18.5 Å². The smallest absolute Gasteiger partial charge is 0.156 e. The quantitative estimate of drug-likeness (QED) is 0.707. The molecule has 1 aliphatic carbocycles. The van der Waals surface area contributed by atoms with Gasteiger partial charge < -0.3 is 9.47 Å². The number of rotatable bonds is 4. The Bertz CT molecular complexity index is 274.